The molecule has 0 aliphatic heterocycles. The van der Waals surface area contributed by atoms with Gasteiger partial charge in [0, 0.05) is 5.69 Å². The highest BCUT2D eigenvalue weighted by Gasteiger charge is 2.52. The van der Waals surface area contributed by atoms with Crippen LogP contribution in [-0.4, -0.2) is 30.9 Å². The summed E-state index contributed by atoms with van der Waals surface area (Å²) < 4.78 is 5.20. The average Bonchev–Trinajstić information content (AvgIpc) is 3.50. The Hall–Kier alpha value is -3.15. The number of hydrogen-bond donors (Lipinski definition) is 2. The number of nitrogens with one attached hydrogen (secondary N) is 2. The minimum Gasteiger partial charge on any atom is -0.455 e. The molecule has 0 bridgehead atoms. The molecule has 29 heavy (non-hydrogen) atoms. The monoisotopic (exact) mass is 394 g/mol. The lowest BCUT2D eigenvalue weighted by Crippen LogP contribution is -2.36. The van der Waals surface area contributed by atoms with E-state index in [0.29, 0.717) is 0 Å². The van der Waals surface area contributed by atoms with Crippen LogP contribution in [0.1, 0.15) is 35.1 Å². The standard InChI is InChI=1S/C23H26N2O4/c1-15-11-16(2)21(17(3)12-15)25-19(26)13-24-20(27)14-29-22(28)23(9-10-23)18-7-5-4-6-8-18/h4-8,11-12H,9-10,13-14H2,1-3H3,(H,24,27)(H,25,26). The van der Waals surface area contributed by atoms with Crippen LogP contribution in [0.3, 0.4) is 0 Å². The second kappa shape index (κ2) is 8.47. The number of carbonyl (C=O) groups is 3. The molecule has 1 fully saturated rings. The predicted molar refractivity (Wildman–Crippen MR) is 111 cm³/mol. The lowest BCUT2D eigenvalue weighted by Gasteiger charge is -2.15. The van der Waals surface area contributed by atoms with Gasteiger partial charge in [-0.15, -0.1) is 0 Å². The summed E-state index contributed by atoms with van der Waals surface area (Å²) in [6, 6.07) is 13.4. The zero-order valence-electron chi connectivity index (χ0n) is 17.0. The fourth-order valence-electron chi connectivity index (χ4n) is 3.55. The van der Waals surface area contributed by atoms with Crippen molar-refractivity contribution in [2.45, 2.75) is 39.0 Å². The van der Waals surface area contributed by atoms with Crippen LogP contribution in [0.4, 0.5) is 5.69 Å². The van der Waals surface area contributed by atoms with Gasteiger partial charge in [-0.25, -0.2) is 0 Å². The van der Waals surface area contributed by atoms with E-state index < -0.39 is 23.9 Å². The minimum absolute atomic E-state index is 0.188. The van der Waals surface area contributed by atoms with Crippen LogP contribution in [0.25, 0.3) is 0 Å². The number of carbonyl (C=O) groups excluding carboxylic acids is 3. The van der Waals surface area contributed by atoms with Gasteiger partial charge in [-0.1, -0.05) is 48.0 Å². The fourth-order valence-corrected chi connectivity index (χ4v) is 3.55. The Labute approximate surface area is 170 Å². The molecule has 1 saturated carbocycles. The second-order valence-corrected chi connectivity index (χ2v) is 7.62. The first kappa shape index (κ1) is 20.6. The van der Waals surface area contributed by atoms with Gasteiger partial charge in [0.15, 0.2) is 6.61 Å². The number of hydrogen-bond acceptors (Lipinski definition) is 4. The Bertz CT molecular complexity index is 910. The van der Waals surface area contributed by atoms with Gasteiger partial charge in [0.1, 0.15) is 0 Å². The van der Waals surface area contributed by atoms with E-state index in [-0.39, 0.29) is 12.5 Å². The third kappa shape index (κ3) is 4.83. The molecule has 0 spiro atoms. The number of aryl methyl sites for hydroxylation is 3. The molecule has 2 N–H and O–H groups in total. The van der Waals surface area contributed by atoms with Crippen molar-refractivity contribution in [3.63, 3.8) is 0 Å². The first-order valence-electron chi connectivity index (χ1n) is 9.69. The largest absolute Gasteiger partial charge is 0.455 e. The molecule has 0 aromatic heterocycles. The van der Waals surface area contributed by atoms with Crippen LogP contribution in [0, 0.1) is 20.8 Å². The first-order valence-corrected chi connectivity index (χ1v) is 9.69. The van der Waals surface area contributed by atoms with Crippen LogP contribution in [0.2, 0.25) is 0 Å². The molecule has 0 unspecified atom stereocenters. The van der Waals surface area contributed by atoms with Crippen molar-refractivity contribution < 1.29 is 19.1 Å². The zero-order valence-corrected chi connectivity index (χ0v) is 17.0. The summed E-state index contributed by atoms with van der Waals surface area (Å²) in [5, 5.41) is 5.31. The minimum atomic E-state index is -0.626. The molecular weight excluding hydrogens is 368 g/mol. The third-order valence-corrected chi connectivity index (χ3v) is 5.19. The summed E-state index contributed by atoms with van der Waals surface area (Å²) in [6.45, 7) is 5.26. The molecule has 1 aliphatic carbocycles. The number of ether oxygens (including phenoxy) is 1. The second-order valence-electron chi connectivity index (χ2n) is 7.62. The molecule has 2 aromatic carbocycles. The van der Waals surface area contributed by atoms with Crippen LogP contribution in [0.5, 0.6) is 0 Å². The normalized spacial score (nSPS) is 14.0. The molecule has 6 heteroatoms. The molecule has 0 atom stereocenters. The van der Waals surface area contributed by atoms with E-state index in [9.17, 15) is 14.4 Å². The van der Waals surface area contributed by atoms with E-state index in [1.165, 1.54) is 0 Å². The highest BCUT2D eigenvalue weighted by Crippen LogP contribution is 2.49. The lowest BCUT2D eigenvalue weighted by molar-refractivity contribution is -0.151. The first-order chi connectivity index (χ1) is 13.8. The number of anilines is 1. The van der Waals surface area contributed by atoms with Crippen molar-refractivity contribution >= 4 is 23.5 Å². The molecule has 2 aromatic rings. The zero-order chi connectivity index (χ0) is 21.0. The highest BCUT2D eigenvalue weighted by atomic mass is 16.5. The number of amides is 2. The van der Waals surface area contributed by atoms with Crippen molar-refractivity contribution in [3.8, 4) is 0 Å². The van der Waals surface area contributed by atoms with E-state index in [1.54, 1.807) is 0 Å². The van der Waals surface area contributed by atoms with Gasteiger partial charge in [-0.3, -0.25) is 14.4 Å². The van der Waals surface area contributed by atoms with Gasteiger partial charge in [0.25, 0.3) is 5.91 Å². The van der Waals surface area contributed by atoms with E-state index >= 15 is 0 Å². The summed E-state index contributed by atoms with van der Waals surface area (Å²) in [4.78, 5) is 36.6. The molecular formula is C23H26N2O4. The summed E-state index contributed by atoms with van der Waals surface area (Å²) in [5.41, 5.74) is 4.09. The molecule has 0 heterocycles. The van der Waals surface area contributed by atoms with Crippen LogP contribution < -0.4 is 10.6 Å². The lowest BCUT2D eigenvalue weighted by atomic mass is 9.96. The maximum Gasteiger partial charge on any atom is 0.317 e. The Morgan fingerprint density at radius 1 is 0.966 bits per heavy atom. The molecule has 6 nitrogen and oxygen atoms in total. The average molecular weight is 394 g/mol. The van der Waals surface area contributed by atoms with Crippen molar-refractivity contribution in [2.75, 3.05) is 18.5 Å². The quantitative estimate of drug-likeness (QED) is 0.707. The SMILES string of the molecule is Cc1cc(C)c(NC(=O)CNC(=O)COC(=O)C2(c3ccccc3)CC2)c(C)c1. The van der Waals surface area contributed by atoms with Crippen molar-refractivity contribution in [1.29, 1.82) is 0 Å². The smallest absolute Gasteiger partial charge is 0.317 e. The summed E-state index contributed by atoms with van der Waals surface area (Å²) >= 11 is 0. The van der Waals surface area contributed by atoms with E-state index in [2.05, 4.69) is 10.6 Å². The topological polar surface area (TPSA) is 84.5 Å². The Morgan fingerprint density at radius 2 is 1.59 bits per heavy atom. The van der Waals surface area contributed by atoms with Gasteiger partial charge < -0.3 is 15.4 Å². The van der Waals surface area contributed by atoms with E-state index in [0.717, 1.165) is 40.8 Å². The van der Waals surface area contributed by atoms with Gasteiger partial charge in [0.05, 0.1) is 12.0 Å². The predicted octanol–water partition coefficient (Wildman–Crippen LogP) is 2.94. The van der Waals surface area contributed by atoms with Crippen molar-refractivity contribution in [3.05, 3.63) is 64.7 Å². The number of benzene rings is 2. The van der Waals surface area contributed by atoms with E-state index in [1.807, 2.05) is 63.2 Å². The van der Waals surface area contributed by atoms with Crippen LogP contribution in [0.15, 0.2) is 42.5 Å². The van der Waals surface area contributed by atoms with Crippen molar-refractivity contribution in [2.24, 2.45) is 0 Å². The Balaban J connectivity index is 1.46. The van der Waals surface area contributed by atoms with Gasteiger partial charge in [0.2, 0.25) is 5.91 Å². The number of rotatable bonds is 7. The molecule has 152 valence electrons. The molecule has 0 radical (unpaired) electrons. The van der Waals surface area contributed by atoms with Gasteiger partial charge in [-0.2, -0.15) is 0 Å². The fraction of sp³-hybridized carbons (Fsp3) is 0.348. The summed E-state index contributed by atoms with van der Waals surface area (Å²) in [6.07, 6.45) is 1.43. The van der Waals surface area contributed by atoms with Crippen LogP contribution >= 0.6 is 0 Å². The summed E-state index contributed by atoms with van der Waals surface area (Å²) in [5.74, 6) is -1.23. The molecule has 0 saturated heterocycles. The Kier molecular flexibility index (Phi) is 6.01. The third-order valence-electron chi connectivity index (χ3n) is 5.19. The van der Waals surface area contributed by atoms with Gasteiger partial charge >= 0.3 is 5.97 Å². The maximum atomic E-state index is 12.4. The number of esters is 1. The summed E-state index contributed by atoms with van der Waals surface area (Å²) in [7, 11) is 0. The molecule has 2 amide bonds. The van der Waals surface area contributed by atoms with Crippen molar-refractivity contribution in [1.82, 2.24) is 5.32 Å². The Morgan fingerprint density at radius 3 is 2.17 bits per heavy atom. The van der Waals surface area contributed by atoms with Crippen LogP contribution in [-0.2, 0) is 24.5 Å². The molecule has 1 aliphatic rings. The highest BCUT2D eigenvalue weighted by molar-refractivity contribution is 5.96. The van der Waals surface area contributed by atoms with Gasteiger partial charge in [-0.05, 0) is 50.3 Å². The molecule has 3 rings (SSSR count). The van der Waals surface area contributed by atoms with E-state index in [4.69, 9.17) is 4.74 Å². The maximum absolute atomic E-state index is 12.4.